The van der Waals surface area contributed by atoms with Crippen molar-refractivity contribution >= 4 is 5.57 Å². The third kappa shape index (κ3) is 10.7. The fourth-order valence-electron chi connectivity index (χ4n) is 5.28. The molecular weight excluding hydrogens is 460 g/mol. The van der Waals surface area contributed by atoms with E-state index in [0.717, 1.165) is 49.9 Å². The molecule has 0 amide bonds. The largest absolute Gasteiger partial charge is 0.501 e. The first-order valence-electron chi connectivity index (χ1n) is 15.0. The van der Waals surface area contributed by atoms with E-state index < -0.39 is 0 Å². The Balaban J connectivity index is 1.92. The van der Waals surface area contributed by atoms with Crippen molar-refractivity contribution in [2.24, 2.45) is 11.8 Å². The van der Waals surface area contributed by atoms with Gasteiger partial charge >= 0.3 is 0 Å². The topological polar surface area (TPSA) is 9.23 Å². The Morgan fingerprint density at radius 1 is 0.789 bits per heavy atom. The lowest BCUT2D eigenvalue weighted by atomic mass is 9.86. The van der Waals surface area contributed by atoms with E-state index in [1.54, 1.807) is 7.11 Å². The van der Waals surface area contributed by atoms with E-state index in [-0.39, 0.29) is 0 Å². The first-order chi connectivity index (χ1) is 18.3. The van der Waals surface area contributed by atoms with Crippen LogP contribution in [-0.2, 0) is 30.4 Å². The van der Waals surface area contributed by atoms with Crippen molar-refractivity contribution in [2.45, 2.75) is 105 Å². The highest BCUT2D eigenvalue weighted by atomic mass is 16.5. The number of hydrogen-bond acceptors (Lipinski definition) is 1. The molecule has 0 saturated carbocycles. The Hall–Kier alpha value is -2.54. The van der Waals surface area contributed by atoms with Crippen LogP contribution < -0.4 is 0 Å². The summed E-state index contributed by atoms with van der Waals surface area (Å²) in [6.07, 6.45) is 14.2. The molecule has 2 atom stereocenters. The molecule has 2 aromatic carbocycles. The van der Waals surface area contributed by atoms with Gasteiger partial charge in [0.15, 0.2) is 0 Å². The molecule has 0 aromatic heterocycles. The van der Waals surface area contributed by atoms with Gasteiger partial charge in [-0.15, -0.1) is 0 Å². The Bertz CT molecular complexity index is 1010. The molecule has 208 valence electrons. The van der Waals surface area contributed by atoms with Gasteiger partial charge in [0.1, 0.15) is 0 Å². The average molecular weight is 515 g/mol. The number of allylic oxidation sites excluding steroid dienone is 3. The monoisotopic (exact) mass is 514 g/mol. The molecule has 38 heavy (non-hydrogen) atoms. The predicted octanol–water partition coefficient (Wildman–Crippen LogP) is 10.7. The van der Waals surface area contributed by atoms with Crippen LogP contribution in [0.25, 0.3) is 5.57 Å². The second-order valence-corrected chi connectivity index (χ2v) is 11.3. The number of methoxy groups -OCH3 is 1. The predicted molar refractivity (Wildman–Crippen MR) is 169 cm³/mol. The van der Waals surface area contributed by atoms with Crippen molar-refractivity contribution in [3.63, 3.8) is 0 Å². The maximum Gasteiger partial charge on any atom is 0.0914 e. The van der Waals surface area contributed by atoms with Crippen LogP contribution in [0, 0.1) is 11.8 Å². The Kier molecular flexibility index (Phi) is 14.3. The van der Waals surface area contributed by atoms with Crippen molar-refractivity contribution < 1.29 is 4.74 Å². The molecule has 0 aliphatic heterocycles. The van der Waals surface area contributed by atoms with E-state index in [9.17, 15) is 0 Å². The zero-order valence-electron chi connectivity index (χ0n) is 25.2. The Morgan fingerprint density at radius 3 is 2.03 bits per heavy atom. The summed E-state index contributed by atoms with van der Waals surface area (Å²) in [7, 11) is 1.73. The standard InChI is InChI=1S/C37H54O/c1-9-11-12-13-14-15-32-17-19-33(20-18-32)21-24-36-25-22-34(27-37(36)28(3)4)26-30(6)29(5)16-23-35(10-2)31(7)38-8/h17-20,22,25,27,29,35H,3,6-7,9-16,21,23-24,26H2,1-2,4-5,8H3. The summed E-state index contributed by atoms with van der Waals surface area (Å²) < 4.78 is 5.39. The van der Waals surface area contributed by atoms with Crippen LogP contribution in [0.5, 0.6) is 0 Å². The third-order valence-electron chi connectivity index (χ3n) is 8.20. The van der Waals surface area contributed by atoms with Crippen LogP contribution >= 0.6 is 0 Å². The van der Waals surface area contributed by atoms with Gasteiger partial charge in [0, 0.05) is 5.92 Å². The van der Waals surface area contributed by atoms with Crippen molar-refractivity contribution in [1.29, 1.82) is 0 Å². The zero-order chi connectivity index (χ0) is 27.9. The summed E-state index contributed by atoms with van der Waals surface area (Å²) in [4.78, 5) is 0. The Morgan fingerprint density at radius 2 is 1.42 bits per heavy atom. The molecule has 0 bridgehead atoms. The van der Waals surface area contributed by atoms with E-state index in [1.807, 2.05) is 0 Å². The van der Waals surface area contributed by atoms with Crippen LogP contribution in [-0.4, -0.2) is 7.11 Å². The molecule has 1 nitrogen and oxygen atoms in total. The summed E-state index contributed by atoms with van der Waals surface area (Å²) in [5, 5.41) is 0. The van der Waals surface area contributed by atoms with E-state index in [0.29, 0.717) is 11.8 Å². The van der Waals surface area contributed by atoms with E-state index in [2.05, 4.69) is 89.9 Å². The Labute approximate surface area is 235 Å². The molecule has 0 saturated heterocycles. The molecule has 0 radical (unpaired) electrons. The average Bonchev–Trinajstić information content (AvgIpc) is 2.92. The van der Waals surface area contributed by atoms with Crippen LogP contribution in [0.1, 0.15) is 107 Å². The van der Waals surface area contributed by atoms with Crippen LogP contribution in [0.2, 0.25) is 0 Å². The minimum Gasteiger partial charge on any atom is -0.501 e. The minimum absolute atomic E-state index is 0.427. The summed E-state index contributed by atoms with van der Waals surface area (Å²) in [5.41, 5.74) is 9.36. The maximum atomic E-state index is 5.39. The number of benzene rings is 2. The summed E-state index contributed by atoms with van der Waals surface area (Å²) in [6.45, 7) is 21.7. The smallest absolute Gasteiger partial charge is 0.0914 e. The zero-order valence-corrected chi connectivity index (χ0v) is 25.2. The van der Waals surface area contributed by atoms with Gasteiger partial charge in [-0.25, -0.2) is 0 Å². The highest BCUT2D eigenvalue weighted by molar-refractivity contribution is 5.65. The van der Waals surface area contributed by atoms with Crippen molar-refractivity contribution in [2.75, 3.05) is 7.11 Å². The van der Waals surface area contributed by atoms with Crippen LogP contribution in [0.3, 0.4) is 0 Å². The number of aryl methyl sites for hydroxylation is 3. The molecule has 2 aromatic rings. The van der Waals surface area contributed by atoms with Crippen molar-refractivity contribution in [1.82, 2.24) is 0 Å². The highest BCUT2D eigenvalue weighted by Gasteiger charge is 2.15. The summed E-state index contributed by atoms with van der Waals surface area (Å²) in [6, 6.07) is 16.3. The van der Waals surface area contributed by atoms with Gasteiger partial charge in [-0.3, -0.25) is 0 Å². The van der Waals surface area contributed by atoms with Gasteiger partial charge < -0.3 is 4.74 Å². The number of ether oxygens (including phenoxy) is 1. The maximum absolute atomic E-state index is 5.39. The fraction of sp³-hybridized carbons (Fsp3) is 0.514. The van der Waals surface area contributed by atoms with Gasteiger partial charge in [-0.1, -0.05) is 120 Å². The second-order valence-electron chi connectivity index (χ2n) is 11.3. The van der Waals surface area contributed by atoms with E-state index in [1.165, 1.54) is 71.9 Å². The van der Waals surface area contributed by atoms with Gasteiger partial charge in [-0.05, 0) is 92.0 Å². The SMILES string of the molecule is C=C(C)c1cc(CC(=C)C(C)CCC(CC)C(=C)OC)ccc1CCc1ccc(CCCCCCC)cc1. The summed E-state index contributed by atoms with van der Waals surface area (Å²) in [5.74, 6) is 1.80. The third-order valence-corrected chi connectivity index (χ3v) is 8.20. The molecule has 0 aliphatic carbocycles. The molecular formula is C37H54O. The first kappa shape index (κ1) is 31.7. The number of hydrogen-bond donors (Lipinski definition) is 0. The quantitative estimate of drug-likeness (QED) is 0.103. The van der Waals surface area contributed by atoms with Gasteiger partial charge in [0.05, 0.1) is 12.9 Å². The van der Waals surface area contributed by atoms with Gasteiger partial charge in [-0.2, -0.15) is 0 Å². The van der Waals surface area contributed by atoms with E-state index >= 15 is 0 Å². The minimum atomic E-state index is 0.427. The molecule has 2 rings (SSSR count). The van der Waals surface area contributed by atoms with E-state index in [4.69, 9.17) is 4.74 Å². The molecule has 0 fully saturated rings. The highest BCUT2D eigenvalue weighted by Crippen LogP contribution is 2.28. The number of unbranched alkanes of at least 4 members (excludes halogenated alkanes) is 4. The fourth-order valence-corrected chi connectivity index (χ4v) is 5.28. The molecule has 0 spiro atoms. The van der Waals surface area contributed by atoms with Crippen molar-refractivity contribution in [3.05, 3.63) is 101 Å². The van der Waals surface area contributed by atoms with Gasteiger partial charge in [0.25, 0.3) is 0 Å². The molecule has 0 N–H and O–H groups in total. The van der Waals surface area contributed by atoms with Crippen molar-refractivity contribution in [3.8, 4) is 0 Å². The molecule has 1 heteroatoms. The summed E-state index contributed by atoms with van der Waals surface area (Å²) >= 11 is 0. The molecule has 0 aliphatic rings. The normalized spacial score (nSPS) is 12.7. The lowest BCUT2D eigenvalue weighted by molar-refractivity contribution is 0.230. The second kappa shape index (κ2) is 17.1. The van der Waals surface area contributed by atoms with Crippen LogP contribution in [0.15, 0.2) is 73.5 Å². The first-order valence-corrected chi connectivity index (χ1v) is 15.0. The lowest BCUT2D eigenvalue weighted by Gasteiger charge is -2.21. The molecule has 0 heterocycles. The lowest BCUT2D eigenvalue weighted by Crippen LogP contribution is -2.09. The van der Waals surface area contributed by atoms with Crippen LogP contribution in [0.4, 0.5) is 0 Å². The molecule has 2 unspecified atom stereocenters. The van der Waals surface area contributed by atoms with Gasteiger partial charge in [0.2, 0.25) is 0 Å². The number of rotatable bonds is 19.